The molecule has 0 radical (unpaired) electrons. The molecule has 0 atom stereocenters. The quantitative estimate of drug-likeness (QED) is 0.738. The maximum Gasteiger partial charge on any atom is 0.251 e. The Hall–Kier alpha value is -1.82. The number of hydrogen-bond donors (Lipinski definition) is 3. The Labute approximate surface area is 119 Å². The zero-order valence-corrected chi connectivity index (χ0v) is 11.8. The fraction of sp³-hybridized carbons (Fsp3) is 0.231. The molecule has 6 heteroatoms. The number of nitrogens with zero attached hydrogens (tertiary/aromatic N) is 1. The molecule has 1 amide bonds. The van der Waals surface area contributed by atoms with Crippen LogP contribution in [0.4, 0.5) is 0 Å². The molecule has 1 heterocycles. The van der Waals surface area contributed by atoms with Gasteiger partial charge in [-0.15, -0.1) is 0 Å². The number of amides is 1. The van der Waals surface area contributed by atoms with Crippen molar-refractivity contribution in [2.45, 2.75) is 12.8 Å². The Bertz CT molecular complexity index is 555. The zero-order valence-electron chi connectivity index (χ0n) is 10.2. The van der Waals surface area contributed by atoms with Crippen molar-refractivity contribution in [2.75, 3.05) is 6.54 Å². The lowest BCUT2D eigenvalue weighted by Crippen LogP contribution is -2.24. The van der Waals surface area contributed by atoms with Gasteiger partial charge in [0.1, 0.15) is 11.6 Å². The van der Waals surface area contributed by atoms with Crippen LogP contribution in [0.25, 0.3) is 0 Å². The summed E-state index contributed by atoms with van der Waals surface area (Å²) < 4.78 is 0.571. The minimum absolute atomic E-state index is 0.0586. The van der Waals surface area contributed by atoms with Gasteiger partial charge in [-0.25, -0.2) is 4.98 Å². The fourth-order valence-electron chi connectivity index (χ4n) is 1.65. The number of nitrogens with one attached hydrogen (secondary N) is 2. The predicted octanol–water partition coefficient (Wildman–Crippen LogP) is 2.24. The Morgan fingerprint density at radius 3 is 3.00 bits per heavy atom. The molecule has 100 valence electrons. The fourth-order valence-corrected chi connectivity index (χ4v) is 1.90. The highest BCUT2D eigenvalue weighted by Gasteiger charge is 2.07. The Morgan fingerprint density at radius 2 is 2.32 bits per heavy atom. The molecule has 0 bridgehead atoms. The second kappa shape index (κ2) is 6.38. The molecule has 0 aliphatic rings. The number of hydrogen-bond acceptors (Lipinski definition) is 3. The SMILES string of the molecule is O=C(NCCCc1ncc[nH]1)c1ccc(Br)c(O)c1. The molecule has 0 unspecified atom stereocenters. The number of halogens is 1. The van der Waals surface area contributed by atoms with E-state index in [0.717, 1.165) is 18.7 Å². The first-order chi connectivity index (χ1) is 9.16. The molecule has 0 aliphatic carbocycles. The van der Waals surface area contributed by atoms with Gasteiger partial charge < -0.3 is 15.4 Å². The van der Waals surface area contributed by atoms with E-state index in [-0.39, 0.29) is 11.7 Å². The largest absolute Gasteiger partial charge is 0.507 e. The van der Waals surface area contributed by atoms with Gasteiger partial charge in [0.05, 0.1) is 4.47 Å². The van der Waals surface area contributed by atoms with E-state index < -0.39 is 0 Å². The van der Waals surface area contributed by atoms with Crippen molar-refractivity contribution in [3.63, 3.8) is 0 Å². The summed E-state index contributed by atoms with van der Waals surface area (Å²) in [7, 11) is 0. The maximum absolute atomic E-state index is 11.8. The summed E-state index contributed by atoms with van der Waals surface area (Å²) in [6, 6.07) is 4.74. The number of imidazole rings is 1. The normalized spacial score (nSPS) is 10.4. The van der Waals surface area contributed by atoms with E-state index in [4.69, 9.17) is 0 Å². The number of aromatic hydroxyl groups is 1. The van der Waals surface area contributed by atoms with E-state index in [9.17, 15) is 9.90 Å². The highest BCUT2D eigenvalue weighted by molar-refractivity contribution is 9.10. The van der Waals surface area contributed by atoms with Crippen LogP contribution in [0.2, 0.25) is 0 Å². The number of H-pyrrole nitrogens is 1. The van der Waals surface area contributed by atoms with Gasteiger partial charge in [0.25, 0.3) is 5.91 Å². The van der Waals surface area contributed by atoms with Gasteiger partial charge >= 0.3 is 0 Å². The van der Waals surface area contributed by atoms with Crippen LogP contribution in [0, 0.1) is 0 Å². The first kappa shape index (κ1) is 13.6. The summed E-state index contributed by atoms with van der Waals surface area (Å²) in [6.45, 7) is 0.566. The van der Waals surface area contributed by atoms with E-state index in [1.165, 1.54) is 6.07 Å². The van der Waals surface area contributed by atoms with E-state index in [1.807, 2.05) is 0 Å². The number of rotatable bonds is 5. The summed E-state index contributed by atoms with van der Waals surface area (Å²) in [5.41, 5.74) is 0.443. The molecule has 0 saturated heterocycles. The minimum Gasteiger partial charge on any atom is -0.507 e. The lowest BCUT2D eigenvalue weighted by Gasteiger charge is -2.05. The van der Waals surface area contributed by atoms with Crippen LogP contribution in [0.5, 0.6) is 5.75 Å². The van der Waals surface area contributed by atoms with Crippen molar-refractivity contribution in [1.29, 1.82) is 0 Å². The molecule has 3 N–H and O–H groups in total. The van der Waals surface area contributed by atoms with Crippen LogP contribution in [0.3, 0.4) is 0 Å². The first-order valence-electron chi connectivity index (χ1n) is 5.92. The highest BCUT2D eigenvalue weighted by Crippen LogP contribution is 2.24. The number of carbonyl (C=O) groups is 1. The Kier molecular flexibility index (Phi) is 4.57. The van der Waals surface area contributed by atoms with E-state index >= 15 is 0 Å². The maximum atomic E-state index is 11.8. The summed E-state index contributed by atoms with van der Waals surface area (Å²) in [5, 5.41) is 12.3. The molecule has 0 aliphatic heterocycles. The molecule has 0 fully saturated rings. The summed E-state index contributed by atoms with van der Waals surface area (Å²) in [4.78, 5) is 18.9. The lowest BCUT2D eigenvalue weighted by atomic mass is 10.2. The van der Waals surface area contributed by atoms with Crippen molar-refractivity contribution in [1.82, 2.24) is 15.3 Å². The zero-order chi connectivity index (χ0) is 13.7. The molecule has 1 aromatic heterocycles. The van der Waals surface area contributed by atoms with Crippen LogP contribution in [-0.4, -0.2) is 27.5 Å². The van der Waals surface area contributed by atoms with Crippen molar-refractivity contribution in [2.24, 2.45) is 0 Å². The third kappa shape index (κ3) is 3.82. The Balaban J connectivity index is 1.79. The van der Waals surface area contributed by atoms with Crippen LogP contribution < -0.4 is 5.32 Å². The molecule has 0 spiro atoms. The molecule has 2 rings (SSSR count). The van der Waals surface area contributed by atoms with Gasteiger partial charge in [0, 0.05) is 30.9 Å². The van der Waals surface area contributed by atoms with Crippen molar-refractivity contribution >= 4 is 21.8 Å². The van der Waals surface area contributed by atoms with E-state index in [1.54, 1.807) is 24.5 Å². The van der Waals surface area contributed by atoms with Crippen molar-refractivity contribution in [3.8, 4) is 5.75 Å². The second-order valence-corrected chi connectivity index (χ2v) is 4.92. The predicted molar refractivity (Wildman–Crippen MR) is 75.0 cm³/mol. The smallest absolute Gasteiger partial charge is 0.251 e. The van der Waals surface area contributed by atoms with Gasteiger partial charge in [-0.1, -0.05) is 0 Å². The first-order valence-corrected chi connectivity index (χ1v) is 6.71. The number of benzene rings is 1. The molecule has 0 saturated carbocycles. The minimum atomic E-state index is -0.192. The van der Waals surface area contributed by atoms with Gasteiger partial charge in [-0.2, -0.15) is 0 Å². The highest BCUT2D eigenvalue weighted by atomic mass is 79.9. The number of phenolic OH excluding ortho intramolecular Hbond substituents is 1. The topological polar surface area (TPSA) is 78.0 Å². The summed E-state index contributed by atoms with van der Waals surface area (Å²) >= 11 is 3.17. The number of aromatic nitrogens is 2. The Morgan fingerprint density at radius 1 is 1.47 bits per heavy atom. The van der Waals surface area contributed by atoms with Crippen LogP contribution >= 0.6 is 15.9 Å². The number of phenols is 1. The molecule has 19 heavy (non-hydrogen) atoms. The van der Waals surface area contributed by atoms with Crippen molar-refractivity contribution in [3.05, 3.63) is 46.5 Å². The average molecular weight is 324 g/mol. The monoisotopic (exact) mass is 323 g/mol. The standard InChI is InChI=1S/C13H14BrN3O2/c14-10-4-3-9(8-11(10)18)13(19)17-5-1-2-12-15-6-7-16-12/h3-4,6-8,18H,1-2,5H2,(H,15,16)(H,17,19). The number of carbonyl (C=O) groups excluding carboxylic acids is 1. The molecular formula is C13H14BrN3O2. The molecule has 5 nitrogen and oxygen atoms in total. The number of aryl methyl sites for hydroxylation is 1. The van der Waals surface area contributed by atoms with Gasteiger partial charge in [-0.05, 0) is 40.5 Å². The van der Waals surface area contributed by atoms with Crippen LogP contribution in [-0.2, 0) is 6.42 Å². The van der Waals surface area contributed by atoms with Gasteiger partial charge in [0.15, 0.2) is 0 Å². The average Bonchev–Trinajstić information content (AvgIpc) is 2.91. The third-order valence-electron chi connectivity index (χ3n) is 2.64. The van der Waals surface area contributed by atoms with Crippen LogP contribution in [0.1, 0.15) is 22.6 Å². The van der Waals surface area contributed by atoms with Crippen molar-refractivity contribution < 1.29 is 9.90 Å². The summed E-state index contributed by atoms with van der Waals surface area (Å²) in [5.74, 6) is 0.779. The van der Waals surface area contributed by atoms with Gasteiger partial charge in [-0.3, -0.25) is 4.79 Å². The number of aromatic amines is 1. The van der Waals surface area contributed by atoms with E-state index in [2.05, 4.69) is 31.2 Å². The summed E-state index contributed by atoms with van der Waals surface area (Å²) in [6.07, 6.45) is 5.08. The molecule has 2 aromatic rings. The van der Waals surface area contributed by atoms with E-state index in [0.29, 0.717) is 16.6 Å². The molecular weight excluding hydrogens is 310 g/mol. The van der Waals surface area contributed by atoms with Gasteiger partial charge in [0.2, 0.25) is 0 Å². The van der Waals surface area contributed by atoms with Crippen LogP contribution in [0.15, 0.2) is 35.1 Å². The lowest BCUT2D eigenvalue weighted by molar-refractivity contribution is 0.0952. The second-order valence-electron chi connectivity index (χ2n) is 4.06. The third-order valence-corrected chi connectivity index (χ3v) is 3.31. The molecule has 1 aromatic carbocycles.